The zero-order valence-corrected chi connectivity index (χ0v) is 15.5. The van der Waals surface area contributed by atoms with Crippen LogP contribution < -0.4 is 10.6 Å². The Morgan fingerprint density at radius 1 is 1.33 bits per heavy atom. The normalized spacial score (nSPS) is 20.3. The summed E-state index contributed by atoms with van der Waals surface area (Å²) in [6, 6.07) is 0. The molecule has 4 nitrogen and oxygen atoms in total. The van der Waals surface area contributed by atoms with Crippen molar-refractivity contribution in [1.29, 1.82) is 0 Å². The quantitative estimate of drug-likeness (QED) is 0.263. The summed E-state index contributed by atoms with van der Waals surface area (Å²) in [4.78, 5) is 4.62. The van der Waals surface area contributed by atoms with Crippen LogP contribution in [0, 0.1) is 5.41 Å². The molecule has 0 aliphatic heterocycles. The maximum atomic E-state index is 9.33. The minimum absolute atomic E-state index is 0. The van der Waals surface area contributed by atoms with Crippen molar-refractivity contribution >= 4 is 29.9 Å². The second-order valence-electron chi connectivity index (χ2n) is 6.14. The van der Waals surface area contributed by atoms with Crippen molar-refractivity contribution < 1.29 is 5.11 Å². The van der Waals surface area contributed by atoms with Gasteiger partial charge in [-0.3, -0.25) is 4.99 Å². The molecule has 2 aliphatic carbocycles. The molecule has 0 aromatic rings. The monoisotopic (exact) mass is 407 g/mol. The number of nitrogens with zero attached hydrogens (tertiary/aromatic N) is 1. The first kappa shape index (κ1) is 18.7. The second kappa shape index (κ2) is 9.66. The van der Waals surface area contributed by atoms with Crippen molar-refractivity contribution in [2.24, 2.45) is 10.4 Å². The summed E-state index contributed by atoms with van der Waals surface area (Å²) < 4.78 is 0. The highest BCUT2D eigenvalue weighted by molar-refractivity contribution is 14.0. The largest absolute Gasteiger partial charge is 0.396 e. The number of guanidine groups is 1. The standard InChI is InChI=1S/C16H29N3O.HI/c1-2-17-15(19-12-16(13-20)9-10-16)18-11-8-14-6-4-3-5-7-14;/h6,20H,2-5,7-13H2,1H3,(H2,17,18,19);1H. The molecule has 0 bridgehead atoms. The molecule has 0 atom stereocenters. The van der Waals surface area contributed by atoms with Crippen LogP contribution in [0.4, 0.5) is 0 Å². The van der Waals surface area contributed by atoms with Gasteiger partial charge in [-0.05, 0) is 51.9 Å². The Morgan fingerprint density at radius 2 is 2.14 bits per heavy atom. The van der Waals surface area contributed by atoms with Crippen molar-refractivity contribution in [1.82, 2.24) is 10.6 Å². The molecular weight excluding hydrogens is 377 g/mol. The van der Waals surface area contributed by atoms with E-state index >= 15 is 0 Å². The fraction of sp³-hybridized carbons (Fsp3) is 0.812. The second-order valence-corrected chi connectivity index (χ2v) is 6.14. The average molecular weight is 407 g/mol. The first-order valence-electron chi connectivity index (χ1n) is 8.09. The number of aliphatic hydroxyl groups is 1. The number of allylic oxidation sites excluding steroid dienone is 1. The SMILES string of the molecule is CCNC(=NCC1(CO)CC1)NCCC1=CCCCC1.I. The van der Waals surface area contributed by atoms with Gasteiger partial charge in [-0.15, -0.1) is 24.0 Å². The molecule has 21 heavy (non-hydrogen) atoms. The van der Waals surface area contributed by atoms with Crippen LogP contribution in [-0.2, 0) is 0 Å². The van der Waals surface area contributed by atoms with Gasteiger partial charge in [-0.1, -0.05) is 11.6 Å². The molecular formula is C16H30IN3O. The highest BCUT2D eigenvalue weighted by Crippen LogP contribution is 2.45. The van der Waals surface area contributed by atoms with Gasteiger partial charge in [0.05, 0.1) is 13.2 Å². The van der Waals surface area contributed by atoms with Crippen molar-refractivity contribution in [3.05, 3.63) is 11.6 Å². The molecule has 5 heteroatoms. The molecule has 0 unspecified atom stereocenters. The van der Waals surface area contributed by atoms with E-state index in [0.717, 1.165) is 44.9 Å². The first-order chi connectivity index (χ1) is 9.78. The molecule has 0 spiro atoms. The highest BCUT2D eigenvalue weighted by Gasteiger charge is 2.41. The average Bonchev–Trinajstić information content (AvgIpc) is 3.26. The van der Waals surface area contributed by atoms with Gasteiger partial charge in [0.2, 0.25) is 0 Å². The van der Waals surface area contributed by atoms with E-state index in [1.807, 2.05) is 0 Å². The van der Waals surface area contributed by atoms with Gasteiger partial charge in [0.15, 0.2) is 5.96 Å². The Balaban J connectivity index is 0.00000220. The molecule has 0 amide bonds. The molecule has 0 heterocycles. The number of halogens is 1. The number of nitrogens with one attached hydrogen (secondary N) is 2. The van der Waals surface area contributed by atoms with E-state index in [0.29, 0.717) is 0 Å². The number of aliphatic imine (C=N–C) groups is 1. The summed E-state index contributed by atoms with van der Waals surface area (Å²) in [5, 5.41) is 16.0. The summed E-state index contributed by atoms with van der Waals surface area (Å²) in [7, 11) is 0. The van der Waals surface area contributed by atoms with E-state index in [2.05, 4.69) is 28.6 Å². The zero-order chi connectivity index (χ0) is 14.3. The number of aliphatic hydroxyl groups excluding tert-OH is 1. The Labute approximate surface area is 145 Å². The third-order valence-electron chi connectivity index (χ3n) is 4.33. The lowest BCUT2D eigenvalue weighted by Crippen LogP contribution is -2.38. The molecule has 2 aliphatic rings. The molecule has 0 aromatic carbocycles. The molecule has 0 saturated heterocycles. The van der Waals surface area contributed by atoms with Crippen LogP contribution >= 0.6 is 24.0 Å². The topological polar surface area (TPSA) is 56.7 Å². The van der Waals surface area contributed by atoms with Gasteiger partial charge in [0.1, 0.15) is 0 Å². The minimum Gasteiger partial charge on any atom is -0.396 e. The van der Waals surface area contributed by atoms with Crippen molar-refractivity contribution in [3.63, 3.8) is 0 Å². The predicted molar refractivity (Wildman–Crippen MR) is 99.3 cm³/mol. The molecule has 0 radical (unpaired) electrons. The molecule has 1 saturated carbocycles. The van der Waals surface area contributed by atoms with Crippen LogP contribution in [0.15, 0.2) is 16.6 Å². The molecule has 2 rings (SSSR count). The van der Waals surface area contributed by atoms with Crippen LogP contribution in [0.3, 0.4) is 0 Å². The lowest BCUT2D eigenvalue weighted by Gasteiger charge is -2.16. The first-order valence-corrected chi connectivity index (χ1v) is 8.09. The van der Waals surface area contributed by atoms with Gasteiger partial charge in [0.25, 0.3) is 0 Å². The van der Waals surface area contributed by atoms with Crippen LogP contribution in [0.2, 0.25) is 0 Å². The van der Waals surface area contributed by atoms with Gasteiger partial charge in [-0.2, -0.15) is 0 Å². The lowest BCUT2D eigenvalue weighted by atomic mass is 9.97. The third kappa shape index (κ3) is 6.55. The van der Waals surface area contributed by atoms with Crippen LogP contribution in [-0.4, -0.2) is 37.3 Å². The molecule has 3 N–H and O–H groups in total. The van der Waals surface area contributed by atoms with Crippen molar-refractivity contribution in [2.45, 2.75) is 51.9 Å². The summed E-state index contributed by atoms with van der Waals surface area (Å²) in [5.41, 5.74) is 1.68. The Kier molecular flexibility index (Phi) is 8.63. The maximum absolute atomic E-state index is 9.33. The van der Waals surface area contributed by atoms with E-state index in [1.165, 1.54) is 25.7 Å². The van der Waals surface area contributed by atoms with Crippen molar-refractivity contribution in [2.75, 3.05) is 26.2 Å². The van der Waals surface area contributed by atoms with Crippen LogP contribution in [0.5, 0.6) is 0 Å². The molecule has 1 fully saturated rings. The van der Waals surface area contributed by atoms with Gasteiger partial charge < -0.3 is 15.7 Å². The Hall–Kier alpha value is -0.300. The Morgan fingerprint density at radius 3 is 2.71 bits per heavy atom. The predicted octanol–water partition coefficient (Wildman–Crippen LogP) is 2.82. The van der Waals surface area contributed by atoms with E-state index in [-0.39, 0.29) is 36.0 Å². The van der Waals surface area contributed by atoms with Gasteiger partial charge in [-0.25, -0.2) is 0 Å². The molecule has 122 valence electrons. The summed E-state index contributed by atoms with van der Waals surface area (Å²) >= 11 is 0. The van der Waals surface area contributed by atoms with E-state index in [9.17, 15) is 5.11 Å². The number of hydrogen-bond acceptors (Lipinski definition) is 2. The summed E-state index contributed by atoms with van der Waals surface area (Å²) in [6.07, 6.45) is 11.0. The fourth-order valence-corrected chi connectivity index (χ4v) is 2.60. The van der Waals surface area contributed by atoms with Crippen LogP contribution in [0.25, 0.3) is 0 Å². The smallest absolute Gasteiger partial charge is 0.191 e. The molecule has 0 aromatic heterocycles. The zero-order valence-electron chi connectivity index (χ0n) is 13.2. The summed E-state index contributed by atoms with van der Waals surface area (Å²) in [6.45, 7) is 4.91. The number of rotatable bonds is 7. The third-order valence-corrected chi connectivity index (χ3v) is 4.33. The highest BCUT2D eigenvalue weighted by atomic mass is 127. The Bertz CT molecular complexity index is 365. The lowest BCUT2D eigenvalue weighted by molar-refractivity contribution is 0.217. The van der Waals surface area contributed by atoms with Crippen molar-refractivity contribution in [3.8, 4) is 0 Å². The van der Waals surface area contributed by atoms with E-state index in [4.69, 9.17) is 0 Å². The summed E-state index contributed by atoms with van der Waals surface area (Å²) in [5.74, 6) is 0.892. The van der Waals surface area contributed by atoms with E-state index < -0.39 is 0 Å². The fourth-order valence-electron chi connectivity index (χ4n) is 2.60. The number of hydrogen-bond donors (Lipinski definition) is 3. The van der Waals surface area contributed by atoms with Gasteiger partial charge in [0, 0.05) is 18.5 Å². The van der Waals surface area contributed by atoms with E-state index in [1.54, 1.807) is 5.57 Å². The van der Waals surface area contributed by atoms with Gasteiger partial charge >= 0.3 is 0 Å². The van der Waals surface area contributed by atoms with Crippen LogP contribution in [0.1, 0.15) is 51.9 Å². The maximum Gasteiger partial charge on any atom is 0.191 e. The minimum atomic E-state index is 0.